The van der Waals surface area contributed by atoms with Crippen LogP contribution < -0.4 is 5.32 Å². The quantitative estimate of drug-likeness (QED) is 0.771. The molecule has 1 aromatic carbocycles. The SMILES string of the molecule is CCCC(CCO)CNC(=O)Cc1cccc(Cl)c1. The van der Waals surface area contributed by atoms with Gasteiger partial charge in [0.15, 0.2) is 0 Å². The van der Waals surface area contributed by atoms with Gasteiger partial charge in [-0.1, -0.05) is 37.1 Å². The first kappa shape index (κ1) is 16.0. The van der Waals surface area contributed by atoms with Crippen molar-refractivity contribution < 1.29 is 9.90 Å². The average molecular weight is 284 g/mol. The van der Waals surface area contributed by atoms with Crippen LogP contribution in [-0.2, 0) is 11.2 Å². The van der Waals surface area contributed by atoms with Crippen molar-refractivity contribution in [3.05, 3.63) is 34.9 Å². The molecule has 0 aliphatic heterocycles. The normalized spacial score (nSPS) is 12.2. The second kappa shape index (κ2) is 8.94. The minimum atomic E-state index is 0.00121. The number of aliphatic hydroxyl groups is 1. The Bertz CT molecular complexity index is 389. The Hall–Kier alpha value is -1.06. The van der Waals surface area contributed by atoms with Crippen LogP contribution in [0.2, 0.25) is 5.02 Å². The van der Waals surface area contributed by atoms with Gasteiger partial charge in [-0.15, -0.1) is 0 Å². The number of nitrogens with one attached hydrogen (secondary N) is 1. The number of halogens is 1. The van der Waals surface area contributed by atoms with Gasteiger partial charge in [0.25, 0.3) is 0 Å². The maximum absolute atomic E-state index is 11.8. The van der Waals surface area contributed by atoms with Crippen molar-refractivity contribution in [1.82, 2.24) is 5.32 Å². The number of hydrogen-bond acceptors (Lipinski definition) is 2. The molecule has 0 heterocycles. The van der Waals surface area contributed by atoms with E-state index in [1.165, 1.54) is 0 Å². The van der Waals surface area contributed by atoms with Crippen LogP contribution in [0, 0.1) is 5.92 Å². The Morgan fingerprint density at radius 2 is 2.21 bits per heavy atom. The van der Waals surface area contributed by atoms with Crippen LogP contribution in [0.3, 0.4) is 0 Å². The van der Waals surface area contributed by atoms with Gasteiger partial charge in [-0.3, -0.25) is 4.79 Å². The second-order valence-corrected chi connectivity index (χ2v) is 5.21. The second-order valence-electron chi connectivity index (χ2n) is 4.78. The number of carbonyl (C=O) groups excluding carboxylic acids is 1. The summed E-state index contributed by atoms with van der Waals surface area (Å²) in [4.78, 5) is 11.8. The summed E-state index contributed by atoms with van der Waals surface area (Å²) in [6, 6.07) is 7.33. The number of aliphatic hydroxyl groups excluding tert-OH is 1. The van der Waals surface area contributed by atoms with Gasteiger partial charge in [0.1, 0.15) is 0 Å². The van der Waals surface area contributed by atoms with Crippen molar-refractivity contribution in [1.29, 1.82) is 0 Å². The zero-order valence-electron chi connectivity index (χ0n) is 11.4. The van der Waals surface area contributed by atoms with Crippen LogP contribution in [-0.4, -0.2) is 24.2 Å². The van der Waals surface area contributed by atoms with Gasteiger partial charge in [-0.05, 0) is 36.5 Å². The fraction of sp³-hybridized carbons (Fsp3) is 0.533. The van der Waals surface area contributed by atoms with Crippen molar-refractivity contribution in [2.45, 2.75) is 32.6 Å². The topological polar surface area (TPSA) is 49.3 Å². The van der Waals surface area contributed by atoms with Crippen molar-refractivity contribution in [3.63, 3.8) is 0 Å². The Morgan fingerprint density at radius 1 is 1.42 bits per heavy atom. The third kappa shape index (κ3) is 6.60. The highest BCUT2D eigenvalue weighted by molar-refractivity contribution is 6.30. The van der Waals surface area contributed by atoms with Crippen LogP contribution in [0.15, 0.2) is 24.3 Å². The number of benzene rings is 1. The number of hydrogen-bond donors (Lipinski definition) is 2. The third-order valence-corrected chi connectivity index (χ3v) is 3.31. The third-order valence-electron chi connectivity index (χ3n) is 3.08. The molecule has 1 unspecified atom stereocenters. The molecule has 0 bridgehead atoms. The van der Waals surface area contributed by atoms with Gasteiger partial charge in [0.05, 0.1) is 6.42 Å². The molecule has 2 N–H and O–H groups in total. The zero-order chi connectivity index (χ0) is 14.1. The molecule has 1 atom stereocenters. The molecular formula is C15H22ClNO2. The Morgan fingerprint density at radius 3 is 2.84 bits per heavy atom. The molecule has 1 rings (SSSR count). The summed E-state index contributed by atoms with van der Waals surface area (Å²) in [5, 5.41) is 12.5. The molecule has 0 aliphatic rings. The summed E-state index contributed by atoms with van der Waals surface area (Å²) in [6.07, 6.45) is 3.18. The van der Waals surface area contributed by atoms with Crippen LogP contribution in [0.25, 0.3) is 0 Å². The molecule has 0 spiro atoms. The summed E-state index contributed by atoms with van der Waals surface area (Å²) >= 11 is 5.88. The van der Waals surface area contributed by atoms with E-state index in [1.54, 1.807) is 12.1 Å². The summed E-state index contributed by atoms with van der Waals surface area (Å²) in [5.74, 6) is 0.361. The van der Waals surface area contributed by atoms with Crippen LogP contribution in [0.4, 0.5) is 0 Å². The van der Waals surface area contributed by atoms with E-state index in [0.717, 1.165) is 24.8 Å². The Labute approximate surface area is 120 Å². The monoisotopic (exact) mass is 283 g/mol. The Balaban J connectivity index is 2.38. The van der Waals surface area contributed by atoms with E-state index >= 15 is 0 Å². The molecule has 106 valence electrons. The molecule has 3 nitrogen and oxygen atoms in total. The van der Waals surface area contributed by atoms with Crippen molar-refractivity contribution in [2.24, 2.45) is 5.92 Å². The van der Waals surface area contributed by atoms with Crippen molar-refractivity contribution >= 4 is 17.5 Å². The lowest BCUT2D eigenvalue weighted by atomic mass is 10.00. The number of amides is 1. The molecule has 4 heteroatoms. The van der Waals surface area contributed by atoms with Gasteiger partial charge in [-0.25, -0.2) is 0 Å². The molecule has 0 aliphatic carbocycles. The number of rotatable bonds is 8. The first-order chi connectivity index (χ1) is 9.15. The largest absolute Gasteiger partial charge is 0.396 e. The zero-order valence-corrected chi connectivity index (χ0v) is 12.1. The molecule has 0 saturated carbocycles. The van der Waals surface area contributed by atoms with Crippen LogP contribution in [0.1, 0.15) is 31.7 Å². The smallest absolute Gasteiger partial charge is 0.224 e. The predicted octanol–water partition coefficient (Wildman–Crippen LogP) is 2.80. The van der Waals surface area contributed by atoms with E-state index in [0.29, 0.717) is 23.9 Å². The van der Waals surface area contributed by atoms with E-state index in [9.17, 15) is 4.79 Å². The lowest BCUT2D eigenvalue weighted by molar-refractivity contribution is -0.120. The molecule has 0 saturated heterocycles. The van der Waals surface area contributed by atoms with Crippen LogP contribution in [0.5, 0.6) is 0 Å². The van der Waals surface area contributed by atoms with Gasteiger partial charge < -0.3 is 10.4 Å². The minimum absolute atomic E-state index is 0.00121. The highest BCUT2D eigenvalue weighted by Gasteiger charge is 2.09. The summed E-state index contributed by atoms with van der Waals surface area (Å²) in [5.41, 5.74) is 0.916. The summed E-state index contributed by atoms with van der Waals surface area (Å²) in [7, 11) is 0. The molecule has 0 radical (unpaired) electrons. The van der Waals surface area contributed by atoms with Gasteiger partial charge in [0.2, 0.25) is 5.91 Å². The first-order valence-corrected chi connectivity index (χ1v) is 7.15. The lowest BCUT2D eigenvalue weighted by Crippen LogP contribution is -2.30. The van der Waals surface area contributed by atoms with E-state index in [4.69, 9.17) is 16.7 Å². The maximum atomic E-state index is 11.8. The van der Waals surface area contributed by atoms with Crippen LogP contribution >= 0.6 is 11.6 Å². The summed E-state index contributed by atoms with van der Waals surface area (Å²) < 4.78 is 0. The minimum Gasteiger partial charge on any atom is -0.396 e. The van der Waals surface area contributed by atoms with Crippen molar-refractivity contribution in [3.8, 4) is 0 Å². The first-order valence-electron chi connectivity index (χ1n) is 6.77. The lowest BCUT2D eigenvalue weighted by Gasteiger charge is -2.15. The molecule has 0 aromatic heterocycles. The fourth-order valence-corrected chi connectivity index (χ4v) is 2.31. The predicted molar refractivity (Wildman–Crippen MR) is 78.3 cm³/mol. The fourth-order valence-electron chi connectivity index (χ4n) is 2.09. The average Bonchev–Trinajstić information content (AvgIpc) is 2.36. The van der Waals surface area contributed by atoms with Gasteiger partial charge in [0, 0.05) is 18.2 Å². The Kier molecular flexibility index (Phi) is 7.53. The van der Waals surface area contributed by atoms with E-state index in [2.05, 4.69) is 12.2 Å². The molecular weight excluding hydrogens is 262 g/mol. The van der Waals surface area contributed by atoms with E-state index < -0.39 is 0 Å². The van der Waals surface area contributed by atoms with E-state index in [-0.39, 0.29) is 12.5 Å². The molecule has 1 aromatic rings. The highest BCUT2D eigenvalue weighted by atomic mass is 35.5. The van der Waals surface area contributed by atoms with Crippen molar-refractivity contribution in [2.75, 3.05) is 13.2 Å². The molecule has 19 heavy (non-hydrogen) atoms. The highest BCUT2D eigenvalue weighted by Crippen LogP contribution is 2.12. The van der Waals surface area contributed by atoms with E-state index in [1.807, 2.05) is 12.1 Å². The number of carbonyl (C=O) groups is 1. The molecule has 1 amide bonds. The summed E-state index contributed by atoms with van der Waals surface area (Å²) in [6.45, 7) is 2.92. The van der Waals surface area contributed by atoms with Gasteiger partial charge >= 0.3 is 0 Å². The maximum Gasteiger partial charge on any atom is 0.224 e. The standard InChI is InChI=1S/C15H22ClNO2/c1-2-4-12(7-8-18)11-17-15(19)10-13-5-3-6-14(16)9-13/h3,5-6,9,12,18H,2,4,7-8,10-11H2,1H3,(H,17,19). The van der Waals surface area contributed by atoms with Gasteiger partial charge in [-0.2, -0.15) is 0 Å². The molecule has 0 fully saturated rings.